The molecule has 0 saturated carbocycles. The molecule has 2 aromatic rings. The van der Waals surface area contributed by atoms with Gasteiger partial charge in [-0.25, -0.2) is 0 Å². The molecule has 0 aliphatic heterocycles. The Morgan fingerprint density at radius 2 is 1.77 bits per heavy atom. The number of carbonyl (C=O) groups is 1. The molecule has 4 nitrogen and oxygen atoms in total. The van der Waals surface area contributed by atoms with Crippen molar-refractivity contribution in [3.63, 3.8) is 0 Å². The van der Waals surface area contributed by atoms with E-state index < -0.39 is 17.8 Å². The number of methoxy groups -OCH3 is 2. The number of hydrogen-bond acceptors (Lipinski definition) is 3. The first kappa shape index (κ1) is 19.6. The Bertz CT molecular complexity index is 775. The Kier molecular flexibility index (Phi) is 6.13. The van der Waals surface area contributed by atoms with Crippen molar-refractivity contribution in [3.05, 3.63) is 59.2 Å². The summed E-state index contributed by atoms with van der Waals surface area (Å²) in [6.07, 6.45) is -4.34. The summed E-state index contributed by atoms with van der Waals surface area (Å²) in [4.78, 5) is 12.2. The van der Waals surface area contributed by atoms with Crippen molar-refractivity contribution in [2.45, 2.75) is 25.6 Å². The summed E-state index contributed by atoms with van der Waals surface area (Å²) in [6, 6.07) is 9.49. The van der Waals surface area contributed by atoms with Gasteiger partial charge < -0.3 is 14.8 Å². The molecule has 0 spiro atoms. The number of hydrogen-bond donors (Lipinski definition) is 1. The van der Waals surface area contributed by atoms with E-state index in [9.17, 15) is 18.0 Å². The van der Waals surface area contributed by atoms with E-state index in [1.54, 1.807) is 31.2 Å². The van der Waals surface area contributed by atoms with Crippen molar-refractivity contribution < 1.29 is 27.4 Å². The number of ether oxygens (including phenoxy) is 2. The van der Waals surface area contributed by atoms with Crippen molar-refractivity contribution in [3.8, 4) is 11.5 Å². The molecule has 0 aromatic heterocycles. The topological polar surface area (TPSA) is 47.6 Å². The van der Waals surface area contributed by atoms with Crippen LogP contribution in [0.1, 0.15) is 29.7 Å². The number of alkyl halides is 3. The third-order valence-corrected chi connectivity index (χ3v) is 3.90. The molecule has 0 fully saturated rings. The zero-order valence-electron chi connectivity index (χ0n) is 14.7. The molecule has 1 N–H and O–H groups in total. The molecule has 140 valence electrons. The molecule has 0 saturated heterocycles. The zero-order chi connectivity index (χ0) is 19.3. The molecule has 1 amide bonds. The lowest BCUT2D eigenvalue weighted by molar-refractivity contribution is -0.137. The number of benzene rings is 2. The van der Waals surface area contributed by atoms with Gasteiger partial charge in [-0.15, -0.1) is 0 Å². The zero-order valence-corrected chi connectivity index (χ0v) is 14.7. The van der Waals surface area contributed by atoms with Crippen molar-refractivity contribution in [2.24, 2.45) is 0 Å². The highest BCUT2D eigenvalue weighted by atomic mass is 19.4. The van der Waals surface area contributed by atoms with Crippen LogP contribution in [0.2, 0.25) is 0 Å². The summed E-state index contributed by atoms with van der Waals surface area (Å²) in [5.41, 5.74) is 0.355. The molecule has 1 unspecified atom stereocenters. The summed E-state index contributed by atoms with van der Waals surface area (Å²) in [5, 5.41) is 2.71. The maximum Gasteiger partial charge on any atom is 0.416 e. The minimum absolute atomic E-state index is 0.0731. The molecule has 1 atom stereocenters. The van der Waals surface area contributed by atoms with E-state index in [1.165, 1.54) is 20.3 Å². The molecule has 0 heterocycles. The van der Waals surface area contributed by atoms with Gasteiger partial charge >= 0.3 is 6.18 Å². The summed E-state index contributed by atoms with van der Waals surface area (Å²) < 4.78 is 48.7. The average molecular weight is 367 g/mol. The van der Waals surface area contributed by atoms with Crippen LogP contribution in [-0.2, 0) is 17.4 Å². The fourth-order valence-corrected chi connectivity index (χ4v) is 2.54. The second-order valence-corrected chi connectivity index (χ2v) is 5.78. The van der Waals surface area contributed by atoms with Crippen LogP contribution in [0.3, 0.4) is 0 Å². The predicted octanol–water partition coefficient (Wildman–Crippen LogP) is 4.14. The number of rotatable bonds is 6. The van der Waals surface area contributed by atoms with E-state index in [4.69, 9.17) is 9.47 Å². The van der Waals surface area contributed by atoms with Crippen molar-refractivity contribution in [1.82, 2.24) is 5.32 Å². The third-order valence-electron chi connectivity index (χ3n) is 3.90. The van der Waals surface area contributed by atoms with Crippen LogP contribution in [0.4, 0.5) is 13.2 Å². The van der Waals surface area contributed by atoms with E-state index in [2.05, 4.69) is 5.32 Å². The molecule has 0 radical (unpaired) electrons. The third kappa shape index (κ3) is 4.91. The average Bonchev–Trinajstić information content (AvgIpc) is 2.60. The molecular weight excluding hydrogens is 347 g/mol. The quantitative estimate of drug-likeness (QED) is 0.835. The van der Waals surface area contributed by atoms with Gasteiger partial charge in [0.1, 0.15) is 0 Å². The highest BCUT2D eigenvalue weighted by Crippen LogP contribution is 2.31. The van der Waals surface area contributed by atoms with Gasteiger partial charge in [-0.2, -0.15) is 13.2 Å². The van der Waals surface area contributed by atoms with E-state index >= 15 is 0 Å². The molecular formula is C19H20F3NO3. The summed E-state index contributed by atoms with van der Waals surface area (Å²) in [7, 11) is 3.01. The Balaban J connectivity index is 2.06. The second-order valence-electron chi connectivity index (χ2n) is 5.78. The Hall–Kier alpha value is -2.70. The number of amides is 1. The van der Waals surface area contributed by atoms with Gasteiger partial charge in [0.25, 0.3) is 0 Å². The van der Waals surface area contributed by atoms with Gasteiger partial charge in [0.15, 0.2) is 11.5 Å². The fraction of sp³-hybridized carbons (Fsp3) is 0.316. The summed E-state index contributed by atoms with van der Waals surface area (Å²) in [5.74, 6) is 0.750. The lowest BCUT2D eigenvalue weighted by atomic mass is 10.0. The van der Waals surface area contributed by atoms with E-state index in [1.807, 2.05) is 0 Å². The van der Waals surface area contributed by atoms with Crippen LogP contribution in [0, 0.1) is 0 Å². The monoisotopic (exact) mass is 367 g/mol. The maximum atomic E-state index is 12.8. The Labute approximate surface area is 149 Å². The standard InChI is InChI=1S/C19H20F3NO3/c1-12(14-5-4-6-15(11-14)19(20,21)22)23-18(24)10-13-7-8-16(25-2)17(9-13)26-3/h4-9,11-12H,10H2,1-3H3,(H,23,24). The normalized spacial score (nSPS) is 12.4. The van der Waals surface area contributed by atoms with Gasteiger partial charge in [-0.1, -0.05) is 18.2 Å². The Morgan fingerprint density at radius 3 is 2.38 bits per heavy atom. The van der Waals surface area contributed by atoms with Gasteiger partial charge in [0.2, 0.25) is 5.91 Å². The SMILES string of the molecule is COc1ccc(CC(=O)NC(C)c2cccc(C(F)(F)F)c2)cc1OC. The first-order valence-electron chi connectivity index (χ1n) is 7.92. The van der Waals surface area contributed by atoms with Gasteiger partial charge in [0.05, 0.1) is 32.2 Å². The molecule has 7 heteroatoms. The molecule has 0 aliphatic carbocycles. The first-order chi connectivity index (χ1) is 12.2. The number of carbonyl (C=O) groups excluding carboxylic acids is 1. The molecule has 26 heavy (non-hydrogen) atoms. The summed E-state index contributed by atoms with van der Waals surface area (Å²) >= 11 is 0. The molecule has 0 aliphatic rings. The lowest BCUT2D eigenvalue weighted by Crippen LogP contribution is -2.28. The number of nitrogens with one attached hydrogen (secondary N) is 1. The molecule has 0 bridgehead atoms. The van der Waals surface area contributed by atoms with Crippen LogP contribution in [-0.4, -0.2) is 20.1 Å². The van der Waals surface area contributed by atoms with Gasteiger partial charge in [-0.05, 0) is 42.3 Å². The lowest BCUT2D eigenvalue weighted by Gasteiger charge is -2.16. The van der Waals surface area contributed by atoms with Crippen molar-refractivity contribution >= 4 is 5.91 Å². The minimum atomic E-state index is -4.42. The maximum absolute atomic E-state index is 12.8. The molecule has 2 rings (SSSR count). The predicted molar refractivity (Wildman–Crippen MR) is 91.3 cm³/mol. The van der Waals surface area contributed by atoms with Crippen molar-refractivity contribution in [1.29, 1.82) is 0 Å². The van der Waals surface area contributed by atoms with E-state index in [0.29, 0.717) is 22.6 Å². The van der Waals surface area contributed by atoms with Crippen LogP contribution >= 0.6 is 0 Å². The van der Waals surface area contributed by atoms with Crippen LogP contribution < -0.4 is 14.8 Å². The minimum Gasteiger partial charge on any atom is -0.493 e. The van der Waals surface area contributed by atoms with E-state index in [0.717, 1.165) is 12.1 Å². The smallest absolute Gasteiger partial charge is 0.416 e. The van der Waals surface area contributed by atoms with Crippen LogP contribution in [0.5, 0.6) is 11.5 Å². The van der Waals surface area contributed by atoms with E-state index in [-0.39, 0.29) is 12.3 Å². The van der Waals surface area contributed by atoms with Crippen LogP contribution in [0.25, 0.3) is 0 Å². The van der Waals surface area contributed by atoms with Gasteiger partial charge in [0, 0.05) is 0 Å². The fourth-order valence-electron chi connectivity index (χ4n) is 2.54. The molecule has 2 aromatic carbocycles. The van der Waals surface area contributed by atoms with Crippen molar-refractivity contribution in [2.75, 3.05) is 14.2 Å². The second kappa shape index (κ2) is 8.12. The summed E-state index contributed by atoms with van der Waals surface area (Å²) in [6.45, 7) is 1.64. The first-order valence-corrected chi connectivity index (χ1v) is 7.92. The Morgan fingerprint density at radius 1 is 1.08 bits per heavy atom. The largest absolute Gasteiger partial charge is 0.493 e. The highest BCUT2D eigenvalue weighted by Gasteiger charge is 2.30. The van der Waals surface area contributed by atoms with Crippen LogP contribution in [0.15, 0.2) is 42.5 Å². The number of halogens is 3. The highest BCUT2D eigenvalue weighted by molar-refractivity contribution is 5.79. The van der Waals surface area contributed by atoms with Gasteiger partial charge in [-0.3, -0.25) is 4.79 Å².